The molecule has 0 aliphatic heterocycles. The first kappa shape index (κ1) is 12.5. The Hall–Kier alpha value is -0.960. The lowest BCUT2D eigenvalue weighted by atomic mass is 9.99. The number of carbonyl (C=O) groups is 1. The second-order valence-electron chi connectivity index (χ2n) is 4.80. The number of benzene rings is 1. The van der Waals surface area contributed by atoms with Crippen molar-refractivity contribution < 1.29 is 9.00 Å². The molecule has 0 spiro atoms. The van der Waals surface area contributed by atoms with Gasteiger partial charge >= 0.3 is 0 Å². The van der Waals surface area contributed by atoms with Crippen molar-refractivity contribution in [3.8, 4) is 0 Å². The number of hydrogen-bond acceptors (Lipinski definition) is 2. The molecule has 1 aliphatic carbocycles. The molecule has 0 amide bonds. The van der Waals surface area contributed by atoms with Crippen LogP contribution in [-0.4, -0.2) is 15.2 Å². The normalized spacial score (nSPS) is 22.5. The molecule has 2 unspecified atom stereocenters. The van der Waals surface area contributed by atoms with E-state index in [-0.39, 0.29) is 11.0 Å². The molecule has 17 heavy (non-hydrogen) atoms. The summed E-state index contributed by atoms with van der Waals surface area (Å²) in [6.45, 7) is 4.08. The zero-order valence-electron chi connectivity index (χ0n) is 10.4. The summed E-state index contributed by atoms with van der Waals surface area (Å²) < 4.78 is 12.4. The fourth-order valence-corrected chi connectivity index (χ4v) is 3.80. The number of hydrogen-bond donors (Lipinski definition) is 0. The Balaban J connectivity index is 2.18. The Morgan fingerprint density at radius 3 is 2.65 bits per heavy atom. The third-order valence-electron chi connectivity index (χ3n) is 3.45. The van der Waals surface area contributed by atoms with Gasteiger partial charge in [0.2, 0.25) is 0 Å². The fraction of sp³-hybridized carbons (Fsp3) is 0.500. The Kier molecular flexibility index (Phi) is 3.77. The number of rotatable bonds is 2. The molecule has 0 saturated heterocycles. The van der Waals surface area contributed by atoms with Crippen LogP contribution in [0.15, 0.2) is 23.1 Å². The van der Waals surface area contributed by atoms with E-state index in [1.165, 1.54) is 5.56 Å². The first-order valence-corrected chi connectivity index (χ1v) is 7.29. The van der Waals surface area contributed by atoms with Crippen LogP contribution in [0, 0.1) is 13.8 Å². The molecule has 0 radical (unpaired) electrons. The summed E-state index contributed by atoms with van der Waals surface area (Å²) in [4.78, 5) is 12.3. The molecule has 1 aliphatic rings. The highest BCUT2D eigenvalue weighted by atomic mass is 32.2. The lowest BCUT2D eigenvalue weighted by molar-refractivity contribution is -0.120. The topological polar surface area (TPSA) is 34.1 Å². The van der Waals surface area contributed by atoms with Gasteiger partial charge in [0.05, 0.1) is 10.8 Å². The second-order valence-corrected chi connectivity index (χ2v) is 6.53. The van der Waals surface area contributed by atoms with Crippen LogP contribution in [0.2, 0.25) is 0 Å². The Labute approximate surface area is 105 Å². The molecule has 0 N–H and O–H groups in total. The molecular weight excluding hydrogens is 232 g/mol. The van der Waals surface area contributed by atoms with Crippen LogP contribution in [0.4, 0.5) is 0 Å². The minimum atomic E-state index is -1.03. The van der Waals surface area contributed by atoms with Crippen molar-refractivity contribution in [3.63, 3.8) is 0 Å². The largest absolute Gasteiger partial charge is 0.300 e. The van der Waals surface area contributed by atoms with Crippen LogP contribution in [-0.2, 0) is 15.6 Å². The molecule has 1 saturated carbocycles. The standard InChI is InChI=1S/C14H18O2S/c1-10-6-7-14(8-11(10)2)17(16)13-5-3-4-12(15)9-13/h6-8,13H,3-5,9H2,1-2H3. The molecule has 0 heterocycles. The smallest absolute Gasteiger partial charge is 0.134 e. The average molecular weight is 250 g/mol. The monoisotopic (exact) mass is 250 g/mol. The van der Waals surface area contributed by atoms with Crippen LogP contribution in [0.3, 0.4) is 0 Å². The van der Waals surface area contributed by atoms with Gasteiger partial charge < -0.3 is 0 Å². The molecule has 2 rings (SSSR count). The van der Waals surface area contributed by atoms with Gasteiger partial charge in [0.15, 0.2) is 0 Å². The molecule has 92 valence electrons. The van der Waals surface area contributed by atoms with E-state index in [4.69, 9.17) is 0 Å². The lowest BCUT2D eigenvalue weighted by Crippen LogP contribution is -2.24. The van der Waals surface area contributed by atoms with E-state index >= 15 is 0 Å². The maximum atomic E-state index is 12.4. The molecule has 1 fully saturated rings. The fourth-order valence-electron chi connectivity index (χ4n) is 2.20. The van der Waals surface area contributed by atoms with E-state index < -0.39 is 10.8 Å². The Morgan fingerprint density at radius 1 is 1.24 bits per heavy atom. The molecule has 2 atom stereocenters. The van der Waals surface area contributed by atoms with E-state index in [0.29, 0.717) is 12.8 Å². The summed E-state index contributed by atoms with van der Waals surface area (Å²) in [5.41, 5.74) is 2.38. The maximum absolute atomic E-state index is 12.4. The van der Waals surface area contributed by atoms with Crippen LogP contribution in [0.25, 0.3) is 0 Å². The molecule has 3 heteroatoms. The lowest BCUT2D eigenvalue weighted by Gasteiger charge is -2.20. The van der Waals surface area contributed by atoms with Crippen LogP contribution < -0.4 is 0 Å². The maximum Gasteiger partial charge on any atom is 0.134 e. The van der Waals surface area contributed by atoms with Crippen LogP contribution in [0.5, 0.6) is 0 Å². The van der Waals surface area contributed by atoms with Gasteiger partial charge in [0.25, 0.3) is 0 Å². The quantitative estimate of drug-likeness (QED) is 0.808. The van der Waals surface area contributed by atoms with Crippen molar-refractivity contribution >= 4 is 16.6 Å². The van der Waals surface area contributed by atoms with E-state index in [0.717, 1.165) is 23.3 Å². The zero-order valence-corrected chi connectivity index (χ0v) is 11.2. The number of carbonyl (C=O) groups excluding carboxylic acids is 1. The third-order valence-corrected chi connectivity index (χ3v) is 5.18. The molecule has 2 nitrogen and oxygen atoms in total. The van der Waals surface area contributed by atoms with E-state index in [9.17, 15) is 9.00 Å². The minimum Gasteiger partial charge on any atom is -0.300 e. The average Bonchev–Trinajstić information content (AvgIpc) is 2.32. The predicted molar refractivity (Wildman–Crippen MR) is 69.6 cm³/mol. The van der Waals surface area contributed by atoms with Crippen molar-refractivity contribution in [1.29, 1.82) is 0 Å². The van der Waals surface area contributed by atoms with Crippen molar-refractivity contribution in [2.45, 2.75) is 49.7 Å². The van der Waals surface area contributed by atoms with Gasteiger partial charge in [0.1, 0.15) is 5.78 Å². The molecule has 1 aromatic carbocycles. The zero-order chi connectivity index (χ0) is 12.4. The number of aryl methyl sites for hydroxylation is 2. The summed E-state index contributed by atoms with van der Waals surface area (Å²) in [5.74, 6) is 0.262. The van der Waals surface area contributed by atoms with E-state index in [2.05, 4.69) is 0 Å². The summed E-state index contributed by atoms with van der Waals surface area (Å²) >= 11 is 0. The molecule has 1 aromatic rings. The van der Waals surface area contributed by atoms with Gasteiger partial charge in [-0.25, -0.2) is 0 Å². The van der Waals surface area contributed by atoms with Crippen molar-refractivity contribution in [2.75, 3.05) is 0 Å². The van der Waals surface area contributed by atoms with Crippen LogP contribution >= 0.6 is 0 Å². The second kappa shape index (κ2) is 5.13. The van der Waals surface area contributed by atoms with Gasteiger partial charge in [-0.2, -0.15) is 0 Å². The molecular formula is C14H18O2S. The third kappa shape index (κ3) is 2.83. The highest BCUT2D eigenvalue weighted by Gasteiger charge is 2.25. The van der Waals surface area contributed by atoms with E-state index in [1.807, 2.05) is 32.0 Å². The minimum absolute atomic E-state index is 0.0263. The summed E-state index contributed by atoms with van der Waals surface area (Å²) in [6.07, 6.45) is 2.95. The Bertz CT molecular complexity index is 465. The van der Waals surface area contributed by atoms with Gasteiger partial charge in [-0.1, -0.05) is 6.07 Å². The summed E-state index contributed by atoms with van der Waals surface area (Å²) in [7, 11) is -1.03. The van der Waals surface area contributed by atoms with Crippen LogP contribution in [0.1, 0.15) is 36.8 Å². The van der Waals surface area contributed by atoms with E-state index in [1.54, 1.807) is 0 Å². The molecule has 0 aromatic heterocycles. The molecule has 0 bridgehead atoms. The van der Waals surface area contributed by atoms with Gasteiger partial charge in [-0.3, -0.25) is 9.00 Å². The predicted octanol–water partition coefficient (Wildman–Crippen LogP) is 2.92. The highest BCUT2D eigenvalue weighted by molar-refractivity contribution is 7.85. The Morgan fingerprint density at radius 2 is 2.00 bits per heavy atom. The highest BCUT2D eigenvalue weighted by Crippen LogP contribution is 2.25. The van der Waals surface area contributed by atoms with Gasteiger partial charge in [0, 0.05) is 23.0 Å². The first-order valence-electron chi connectivity index (χ1n) is 6.07. The SMILES string of the molecule is Cc1ccc(S(=O)C2CCCC(=O)C2)cc1C. The van der Waals surface area contributed by atoms with Gasteiger partial charge in [-0.05, 0) is 49.9 Å². The van der Waals surface area contributed by atoms with Crippen molar-refractivity contribution in [1.82, 2.24) is 0 Å². The number of ketones is 1. The summed E-state index contributed by atoms with van der Waals surface area (Å²) in [6, 6.07) is 5.93. The van der Waals surface area contributed by atoms with Crippen molar-refractivity contribution in [2.24, 2.45) is 0 Å². The summed E-state index contributed by atoms with van der Waals surface area (Å²) in [5, 5.41) is 0.0263. The van der Waals surface area contributed by atoms with Gasteiger partial charge in [-0.15, -0.1) is 0 Å². The number of Topliss-reactive ketones (excluding diaryl/α,β-unsaturated/α-hetero) is 1. The first-order chi connectivity index (χ1) is 8.08. The van der Waals surface area contributed by atoms with Crippen molar-refractivity contribution in [3.05, 3.63) is 29.3 Å².